The number of hydrogen-bond acceptors (Lipinski definition) is 2. The molecule has 0 heterocycles. The molecule has 104 valence electrons. The smallest absolute Gasteiger partial charge is 0.416 e. The molecule has 0 spiro atoms. The Morgan fingerprint density at radius 3 is 2.26 bits per heavy atom. The first-order valence-electron chi connectivity index (χ1n) is 5.83. The Bertz CT molecular complexity index is 461. The minimum Gasteiger partial charge on any atom is -0.493 e. The molecule has 0 saturated heterocycles. The van der Waals surface area contributed by atoms with Crippen LogP contribution < -0.4 is 4.74 Å². The number of benzene rings is 1. The van der Waals surface area contributed by atoms with Crippen molar-refractivity contribution in [2.24, 2.45) is 5.41 Å². The molecule has 0 radical (unpaired) electrons. The molecule has 0 unspecified atom stereocenters. The second-order valence-corrected chi connectivity index (χ2v) is 4.88. The van der Waals surface area contributed by atoms with E-state index in [0.717, 1.165) is 25.0 Å². The van der Waals surface area contributed by atoms with Crippen LogP contribution >= 0.6 is 0 Å². The molecule has 0 atom stereocenters. The first-order valence-corrected chi connectivity index (χ1v) is 5.83. The molecule has 0 amide bonds. The van der Waals surface area contributed by atoms with Crippen LogP contribution in [0.25, 0.3) is 0 Å². The molecule has 2 rings (SSSR count). The summed E-state index contributed by atoms with van der Waals surface area (Å²) in [5, 5.41) is 8.73. The summed E-state index contributed by atoms with van der Waals surface area (Å²) < 4.78 is 42.4. The van der Waals surface area contributed by atoms with Crippen molar-refractivity contribution in [2.45, 2.75) is 25.4 Å². The summed E-state index contributed by atoms with van der Waals surface area (Å²) in [5.74, 6) is -0.557. The third kappa shape index (κ3) is 3.62. The molecule has 1 aromatic rings. The van der Waals surface area contributed by atoms with E-state index in [4.69, 9.17) is 9.84 Å². The van der Waals surface area contributed by atoms with E-state index in [9.17, 15) is 18.0 Å². The van der Waals surface area contributed by atoms with Gasteiger partial charge in [0.2, 0.25) is 0 Å². The van der Waals surface area contributed by atoms with E-state index >= 15 is 0 Å². The lowest BCUT2D eigenvalue weighted by Crippen LogP contribution is -2.17. The van der Waals surface area contributed by atoms with E-state index < -0.39 is 17.7 Å². The first-order chi connectivity index (χ1) is 8.81. The summed E-state index contributed by atoms with van der Waals surface area (Å²) in [4.78, 5) is 10.6. The van der Waals surface area contributed by atoms with Crippen LogP contribution in [0.2, 0.25) is 0 Å². The maximum atomic E-state index is 12.3. The van der Waals surface area contributed by atoms with Gasteiger partial charge in [0.15, 0.2) is 0 Å². The zero-order valence-electron chi connectivity index (χ0n) is 10.0. The van der Waals surface area contributed by atoms with E-state index in [1.165, 1.54) is 12.1 Å². The summed E-state index contributed by atoms with van der Waals surface area (Å²) in [6, 6.07) is 4.40. The third-order valence-corrected chi connectivity index (χ3v) is 3.21. The molecular weight excluding hydrogens is 261 g/mol. The van der Waals surface area contributed by atoms with Crippen molar-refractivity contribution in [1.29, 1.82) is 0 Å². The molecule has 1 aliphatic carbocycles. The summed E-state index contributed by atoms with van der Waals surface area (Å²) in [6.07, 6.45) is -2.77. The Hall–Kier alpha value is -1.72. The molecule has 6 heteroatoms. The highest BCUT2D eigenvalue weighted by molar-refractivity contribution is 5.68. The number of halogens is 3. The molecule has 19 heavy (non-hydrogen) atoms. The van der Waals surface area contributed by atoms with Gasteiger partial charge < -0.3 is 9.84 Å². The van der Waals surface area contributed by atoms with Crippen molar-refractivity contribution in [3.05, 3.63) is 29.8 Å². The predicted molar refractivity (Wildman–Crippen MR) is 60.9 cm³/mol. The second kappa shape index (κ2) is 4.75. The molecule has 1 N–H and O–H groups in total. The quantitative estimate of drug-likeness (QED) is 0.895. The van der Waals surface area contributed by atoms with Crippen molar-refractivity contribution in [1.82, 2.24) is 0 Å². The molecule has 0 aromatic heterocycles. The molecule has 1 aliphatic rings. The Balaban J connectivity index is 1.92. The number of ether oxygens (including phenoxy) is 1. The SMILES string of the molecule is O=C(O)CC1(COc2ccc(C(F)(F)F)cc2)CC1. The molecule has 0 bridgehead atoms. The Labute approximate surface area is 108 Å². The minimum absolute atomic E-state index is 0.0354. The molecule has 0 aliphatic heterocycles. The Kier molecular flexibility index (Phi) is 3.43. The van der Waals surface area contributed by atoms with Gasteiger partial charge in [-0.1, -0.05) is 0 Å². The van der Waals surface area contributed by atoms with Gasteiger partial charge in [0.05, 0.1) is 18.6 Å². The molecule has 1 aromatic carbocycles. The van der Waals surface area contributed by atoms with Gasteiger partial charge in [0.25, 0.3) is 0 Å². The number of hydrogen-bond donors (Lipinski definition) is 1. The Morgan fingerprint density at radius 1 is 1.26 bits per heavy atom. The number of carboxylic acids is 1. The average molecular weight is 274 g/mol. The van der Waals surface area contributed by atoms with Crippen molar-refractivity contribution in [3.63, 3.8) is 0 Å². The van der Waals surface area contributed by atoms with Crippen LogP contribution in [0.3, 0.4) is 0 Å². The monoisotopic (exact) mass is 274 g/mol. The number of carboxylic acid groups (broad SMARTS) is 1. The summed E-state index contributed by atoms with van der Waals surface area (Å²) in [5.41, 5.74) is -1.07. The maximum absolute atomic E-state index is 12.3. The van der Waals surface area contributed by atoms with Crippen LogP contribution in [0.5, 0.6) is 5.75 Å². The fourth-order valence-electron chi connectivity index (χ4n) is 1.85. The van der Waals surface area contributed by atoms with Crippen LogP contribution in [0.4, 0.5) is 13.2 Å². The fraction of sp³-hybridized carbons (Fsp3) is 0.462. The predicted octanol–water partition coefficient (Wildman–Crippen LogP) is 3.34. The standard InChI is InChI=1S/C13H13F3O3/c14-13(15,16)9-1-3-10(4-2-9)19-8-12(5-6-12)7-11(17)18/h1-4H,5-8H2,(H,17,18). The molecule has 1 saturated carbocycles. The second-order valence-electron chi connectivity index (χ2n) is 4.88. The number of alkyl halides is 3. The summed E-state index contributed by atoms with van der Waals surface area (Å²) in [7, 11) is 0. The summed E-state index contributed by atoms with van der Waals surface area (Å²) in [6.45, 7) is 0.227. The highest BCUT2D eigenvalue weighted by atomic mass is 19.4. The topological polar surface area (TPSA) is 46.5 Å². The highest BCUT2D eigenvalue weighted by Crippen LogP contribution is 2.49. The fourth-order valence-corrected chi connectivity index (χ4v) is 1.85. The largest absolute Gasteiger partial charge is 0.493 e. The Morgan fingerprint density at radius 2 is 1.84 bits per heavy atom. The maximum Gasteiger partial charge on any atom is 0.416 e. The van der Waals surface area contributed by atoms with E-state index in [0.29, 0.717) is 5.75 Å². The van der Waals surface area contributed by atoms with Gasteiger partial charge in [-0.3, -0.25) is 4.79 Å². The van der Waals surface area contributed by atoms with Gasteiger partial charge in [-0.15, -0.1) is 0 Å². The van der Waals surface area contributed by atoms with E-state index in [-0.39, 0.29) is 18.4 Å². The lowest BCUT2D eigenvalue weighted by Gasteiger charge is -2.14. The van der Waals surface area contributed by atoms with Crippen molar-refractivity contribution < 1.29 is 27.8 Å². The van der Waals surface area contributed by atoms with Gasteiger partial charge in [-0.25, -0.2) is 0 Å². The molecule has 3 nitrogen and oxygen atoms in total. The van der Waals surface area contributed by atoms with Gasteiger partial charge in [-0.05, 0) is 37.1 Å². The number of aliphatic carboxylic acids is 1. The first kappa shape index (κ1) is 13.7. The van der Waals surface area contributed by atoms with Crippen LogP contribution in [0, 0.1) is 5.41 Å². The lowest BCUT2D eigenvalue weighted by molar-refractivity contribution is -0.139. The highest BCUT2D eigenvalue weighted by Gasteiger charge is 2.45. The van der Waals surface area contributed by atoms with Gasteiger partial charge in [-0.2, -0.15) is 13.2 Å². The normalized spacial score (nSPS) is 17.0. The van der Waals surface area contributed by atoms with E-state index in [1.54, 1.807) is 0 Å². The number of carbonyl (C=O) groups is 1. The third-order valence-electron chi connectivity index (χ3n) is 3.21. The van der Waals surface area contributed by atoms with Gasteiger partial charge in [0.1, 0.15) is 5.75 Å². The van der Waals surface area contributed by atoms with Crippen LogP contribution in [0.15, 0.2) is 24.3 Å². The molecule has 1 fully saturated rings. The van der Waals surface area contributed by atoms with Crippen LogP contribution in [-0.2, 0) is 11.0 Å². The summed E-state index contributed by atoms with van der Waals surface area (Å²) >= 11 is 0. The van der Waals surface area contributed by atoms with Crippen molar-refractivity contribution in [2.75, 3.05) is 6.61 Å². The zero-order chi connectivity index (χ0) is 14.1. The zero-order valence-corrected chi connectivity index (χ0v) is 10.0. The lowest BCUT2D eigenvalue weighted by atomic mass is 10.0. The van der Waals surface area contributed by atoms with Crippen molar-refractivity contribution >= 4 is 5.97 Å². The van der Waals surface area contributed by atoms with Gasteiger partial charge >= 0.3 is 12.1 Å². The minimum atomic E-state index is -4.36. The van der Waals surface area contributed by atoms with Gasteiger partial charge in [0, 0.05) is 5.41 Å². The van der Waals surface area contributed by atoms with Crippen LogP contribution in [0.1, 0.15) is 24.8 Å². The van der Waals surface area contributed by atoms with Crippen LogP contribution in [-0.4, -0.2) is 17.7 Å². The van der Waals surface area contributed by atoms with Crippen molar-refractivity contribution in [3.8, 4) is 5.75 Å². The van der Waals surface area contributed by atoms with E-state index in [1.807, 2.05) is 0 Å². The van der Waals surface area contributed by atoms with E-state index in [2.05, 4.69) is 0 Å². The average Bonchev–Trinajstić information content (AvgIpc) is 3.05. The number of rotatable bonds is 5. The molecular formula is C13H13F3O3.